The normalized spacial score (nSPS) is 11.5. The van der Waals surface area contributed by atoms with Gasteiger partial charge in [0.25, 0.3) is 0 Å². The molecule has 0 heterocycles. The van der Waals surface area contributed by atoms with Crippen LogP contribution in [0.3, 0.4) is 0 Å². The summed E-state index contributed by atoms with van der Waals surface area (Å²) >= 11 is 0. The highest BCUT2D eigenvalue weighted by Crippen LogP contribution is 2.47. The summed E-state index contributed by atoms with van der Waals surface area (Å²) in [6.45, 7) is 0. The Hall–Kier alpha value is -5.74. The van der Waals surface area contributed by atoms with Crippen LogP contribution < -0.4 is 11.5 Å². The molecule has 0 spiro atoms. The summed E-state index contributed by atoms with van der Waals surface area (Å²) in [7, 11) is 0. The van der Waals surface area contributed by atoms with E-state index in [1.54, 1.807) is 0 Å². The molecule has 1 aliphatic rings. The van der Waals surface area contributed by atoms with E-state index < -0.39 is 11.8 Å². The molecule has 4 heteroatoms. The Kier molecular flexibility index (Phi) is 6.44. The summed E-state index contributed by atoms with van der Waals surface area (Å²) < 4.78 is 0. The fourth-order valence-electron chi connectivity index (χ4n) is 6.34. The van der Waals surface area contributed by atoms with E-state index in [0.717, 1.165) is 50.9 Å². The van der Waals surface area contributed by atoms with Gasteiger partial charge in [0.05, 0.1) is 0 Å². The number of hydrogen-bond acceptors (Lipinski definition) is 2. The van der Waals surface area contributed by atoms with E-state index in [-0.39, 0.29) is 0 Å². The van der Waals surface area contributed by atoms with Crippen LogP contribution in [0.4, 0.5) is 0 Å². The molecule has 0 saturated heterocycles. The van der Waals surface area contributed by atoms with Crippen LogP contribution in [0, 0.1) is 0 Å². The SMILES string of the molecule is NC(=O)c1ccc(-c2ccc3c(c2-c2ccc(C(N)=O)c(-c4ccccc4)c2)Cc2ccccc2-3)cc1-c1ccccc1. The van der Waals surface area contributed by atoms with Crippen LogP contribution in [0.25, 0.3) is 55.6 Å². The lowest BCUT2D eigenvalue weighted by molar-refractivity contribution is 0.0992. The summed E-state index contributed by atoms with van der Waals surface area (Å²) in [4.78, 5) is 25.0. The topological polar surface area (TPSA) is 86.2 Å². The summed E-state index contributed by atoms with van der Waals surface area (Å²) in [6, 6.07) is 44.3. The summed E-state index contributed by atoms with van der Waals surface area (Å²) in [5.74, 6) is -0.935. The third kappa shape index (κ3) is 4.59. The van der Waals surface area contributed by atoms with Crippen LogP contribution in [-0.2, 0) is 6.42 Å². The van der Waals surface area contributed by atoms with Gasteiger partial charge in [-0.1, -0.05) is 109 Å². The zero-order valence-corrected chi connectivity index (χ0v) is 23.4. The van der Waals surface area contributed by atoms with Gasteiger partial charge in [-0.3, -0.25) is 9.59 Å². The summed E-state index contributed by atoms with van der Waals surface area (Å²) in [5, 5.41) is 0. The molecule has 1 aliphatic carbocycles. The molecular weight excluding hydrogens is 528 g/mol. The first-order valence-corrected chi connectivity index (χ1v) is 14.2. The maximum Gasteiger partial charge on any atom is 0.249 e. The zero-order chi connectivity index (χ0) is 29.5. The molecule has 6 aromatic rings. The molecule has 2 amide bonds. The molecule has 0 bridgehead atoms. The van der Waals surface area contributed by atoms with Gasteiger partial charge in [0, 0.05) is 11.1 Å². The molecule has 0 aromatic heterocycles. The first-order valence-electron chi connectivity index (χ1n) is 14.2. The predicted molar refractivity (Wildman–Crippen MR) is 173 cm³/mol. The van der Waals surface area contributed by atoms with Gasteiger partial charge in [-0.25, -0.2) is 0 Å². The van der Waals surface area contributed by atoms with Crippen LogP contribution in [0.1, 0.15) is 31.8 Å². The van der Waals surface area contributed by atoms with Crippen LogP contribution in [0.5, 0.6) is 0 Å². The number of fused-ring (bicyclic) bond motifs is 3. The highest BCUT2D eigenvalue weighted by Gasteiger charge is 2.25. The quantitative estimate of drug-likeness (QED) is 0.217. The van der Waals surface area contributed by atoms with E-state index in [0.29, 0.717) is 11.1 Å². The number of carbonyl (C=O) groups is 2. The fraction of sp³-hybridized carbons (Fsp3) is 0.0256. The molecule has 206 valence electrons. The van der Waals surface area contributed by atoms with Crippen molar-refractivity contribution in [1.82, 2.24) is 0 Å². The minimum Gasteiger partial charge on any atom is -0.366 e. The Morgan fingerprint density at radius 2 is 0.953 bits per heavy atom. The molecule has 6 aromatic carbocycles. The van der Waals surface area contributed by atoms with Gasteiger partial charge in [-0.05, 0) is 97.4 Å². The maximum atomic E-state index is 12.5. The highest BCUT2D eigenvalue weighted by atomic mass is 16.1. The largest absolute Gasteiger partial charge is 0.366 e. The number of carbonyl (C=O) groups excluding carboxylic acids is 2. The molecule has 0 atom stereocenters. The Balaban J connectivity index is 1.50. The predicted octanol–water partition coefficient (Wildman–Crippen LogP) is 8.12. The lowest BCUT2D eigenvalue weighted by Crippen LogP contribution is -2.12. The molecular formula is C39H28N2O2. The zero-order valence-electron chi connectivity index (χ0n) is 23.4. The second kappa shape index (κ2) is 10.6. The molecule has 0 saturated carbocycles. The van der Waals surface area contributed by atoms with E-state index in [9.17, 15) is 9.59 Å². The molecule has 4 N–H and O–H groups in total. The summed E-state index contributed by atoms with van der Waals surface area (Å²) in [5.41, 5.74) is 25.1. The van der Waals surface area contributed by atoms with E-state index in [1.807, 2.05) is 84.9 Å². The van der Waals surface area contributed by atoms with E-state index >= 15 is 0 Å². The average Bonchev–Trinajstić information content (AvgIpc) is 3.43. The maximum absolute atomic E-state index is 12.5. The molecule has 0 aliphatic heterocycles. The molecule has 7 rings (SSSR count). The van der Waals surface area contributed by atoms with Gasteiger partial charge in [-0.2, -0.15) is 0 Å². The van der Waals surface area contributed by atoms with E-state index in [2.05, 4.69) is 48.5 Å². The average molecular weight is 557 g/mol. The summed E-state index contributed by atoms with van der Waals surface area (Å²) in [6.07, 6.45) is 0.790. The van der Waals surface area contributed by atoms with Crippen molar-refractivity contribution in [3.05, 3.63) is 156 Å². The van der Waals surface area contributed by atoms with Crippen LogP contribution >= 0.6 is 0 Å². The first kappa shape index (κ1) is 26.2. The standard InChI is InChI=1S/C39H28N2O2/c40-38(42)32-17-15-27(21-34(32)24-9-3-1-4-10-24)30-19-20-31-29-14-8-7-13-26(29)22-36(31)37(30)28-16-18-33(39(41)43)35(23-28)25-11-5-2-6-12-25/h1-21,23H,22H2,(H2,40,42)(H2,41,43). The van der Waals surface area contributed by atoms with Crippen LogP contribution in [-0.4, -0.2) is 11.8 Å². The van der Waals surface area contributed by atoms with Gasteiger partial charge in [-0.15, -0.1) is 0 Å². The van der Waals surface area contributed by atoms with Gasteiger partial charge in [0.1, 0.15) is 0 Å². The lowest BCUT2D eigenvalue weighted by Gasteiger charge is -2.19. The number of nitrogens with two attached hydrogens (primary N) is 2. The van der Waals surface area contributed by atoms with Gasteiger partial charge in [0.15, 0.2) is 0 Å². The monoisotopic (exact) mass is 556 g/mol. The van der Waals surface area contributed by atoms with E-state index in [4.69, 9.17) is 11.5 Å². The smallest absolute Gasteiger partial charge is 0.249 e. The second-order valence-electron chi connectivity index (χ2n) is 10.8. The van der Waals surface area contributed by atoms with Crippen molar-refractivity contribution in [2.45, 2.75) is 6.42 Å². The van der Waals surface area contributed by atoms with Crippen molar-refractivity contribution in [3.8, 4) is 55.6 Å². The van der Waals surface area contributed by atoms with Crippen molar-refractivity contribution in [3.63, 3.8) is 0 Å². The third-order valence-corrected chi connectivity index (χ3v) is 8.33. The second-order valence-corrected chi connectivity index (χ2v) is 10.8. The lowest BCUT2D eigenvalue weighted by atomic mass is 9.84. The Morgan fingerprint density at radius 3 is 1.56 bits per heavy atom. The number of amides is 2. The van der Waals surface area contributed by atoms with Crippen LogP contribution in [0.15, 0.2) is 133 Å². The minimum atomic E-state index is -0.468. The number of benzene rings is 6. The van der Waals surface area contributed by atoms with Gasteiger partial charge < -0.3 is 11.5 Å². The van der Waals surface area contributed by atoms with E-state index in [1.165, 1.54) is 22.3 Å². The Morgan fingerprint density at radius 1 is 0.442 bits per heavy atom. The van der Waals surface area contributed by atoms with Crippen molar-refractivity contribution in [2.75, 3.05) is 0 Å². The van der Waals surface area contributed by atoms with Crippen molar-refractivity contribution >= 4 is 11.8 Å². The molecule has 0 unspecified atom stereocenters. The minimum absolute atomic E-state index is 0.467. The third-order valence-electron chi connectivity index (χ3n) is 8.33. The molecule has 4 nitrogen and oxygen atoms in total. The van der Waals surface area contributed by atoms with Gasteiger partial charge in [0.2, 0.25) is 11.8 Å². The molecule has 0 fully saturated rings. The van der Waals surface area contributed by atoms with Crippen molar-refractivity contribution < 1.29 is 9.59 Å². The first-order chi connectivity index (χ1) is 21.0. The molecule has 43 heavy (non-hydrogen) atoms. The van der Waals surface area contributed by atoms with Crippen molar-refractivity contribution in [2.24, 2.45) is 11.5 Å². The highest BCUT2D eigenvalue weighted by molar-refractivity contribution is 6.04. The Bertz CT molecular complexity index is 2050. The van der Waals surface area contributed by atoms with Gasteiger partial charge >= 0.3 is 0 Å². The van der Waals surface area contributed by atoms with Crippen LogP contribution in [0.2, 0.25) is 0 Å². The number of primary amides is 2. The van der Waals surface area contributed by atoms with Crippen molar-refractivity contribution in [1.29, 1.82) is 0 Å². The fourth-order valence-corrected chi connectivity index (χ4v) is 6.34. The number of rotatable bonds is 6. The Labute approximate surface area is 250 Å². The molecule has 0 radical (unpaired) electrons. The number of hydrogen-bond donors (Lipinski definition) is 2.